The van der Waals surface area contributed by atoms with Crippen LogP contribution in [0.1, 0.15) is 31.1 Å². The summed E-state index contributed by atoms with van der Waals surface area (Å²) in [5.41, 5.74) is 6.79. The maximum absolute atomic E-state index is 13.2. The Hall–Kier alpha value is -5.84. The third-order valence-electron chi connectivity index (χ3n) is 6.07. The second-order valence-electron chi connectivity index (χ2n) is 8.77. The first-order valence-electron chi connectivity index (χ1n) is 12.1. The number of aromatic hydroxyl groups is 1. The van der Waals surface area contributed by atoms with Gasteiger partial charge in [-0.05, 0) is 47.9 Å². The van der Waals surface area contributed by atoms with Crippen LogP contribution in [0, 0.1) is 0 Å². The number of para-hydroxylation sites is 2. The number of aromatic nitrogens is 2. The summed E-state index contributed by atoms with van der Waals surface area (Å²) >= 11 is 0. The summed E-state index contributed by atoms with van der Waals surface area (Å²) in [6.07, 6.45) is 1.26. The number of hydrogen-bond donors (Lipinski definition) is 4. The van der Waals surface area contributed by atoms with Gasteiger partial charge in [-0.25, -0.2) is 4.68 Å². The van der Waals surface area contributed by atoms with Crippen LogP contribution in [0.3, 0.4) is 0 Å². The molecule has 5 aromatic rings. The fourth-order valence-electron chi connectivity index (χ4n) is 4.06. The van der Waals surface area contributed by atoms with E-state index < -0.39 is 17.6 Å². The molecule has 0 saturated carbocycles. The predicted octanol–water partition coefficient (Wildman–Crippen LogP) is 5.30. The largest absolute Gasteiger partial charge is 0.505 e. The van der Waals surface area contributed by atoms with Crippen molar-refractivity contribution in [3.05, 3.63) is 108 Å². The van der Waals surface area contributed by atoms with E-state index >= 15 is 0 Å². The molecule has 0 fully saturated rings. The van der Waals surface area contributed by atoms with Crippen molar-refractivity contribution in [3.8, 4) is 5.75 Å². The van der Waals surface area contributed by atoms with E-state index in [-0.39, 0.29) is 28.5 Å². The highest BCUT2D eigenvalue weighted by atomic mass is 16.3. The average Bonchev–Trinajstić information content (AvgIpc) is 3.33. The standard InChI is InChI=1S/C29H23N7O4/c1-36-27(23(16-31-36)26(30)38)35-34-24-21-13-12-17(28(39)32-19-8-4-2-5-9-19)14-18(21)15-22(25(24)37)29(40)33-20-10-6-3-7-11-20/h2-16,37H,1H3,(H2,30,38)(H,32,39)(H,33,40)/b35-34+. The number of phenols is 1. The number of nitrogens with one attached hydrogen (secondary N) is 2. The monoisotopic (exact) mass is 533 g/mol. The fraction of sp³-hybridized carbons (Fsp3) is 0.0345. The first kappa shape index (κ1) is 25.8. The molecule has 1 aromatic heterocycles. The van der Waals surface area contributed by atoms with Crippen LogP contribution in [-0.2, 0) is 7.05 Å². The minimum absolute atomic E-state index is 0.0351. The maximum Gasteiger partial charge on any atom is 0.259 e. The first-order chi connectivity index (χ1) is 19.3. The molecule has 0 aliphatic carbocycles. The number of carbonyl (C=O) groups excluding carboxylic acids is 3. The number of benzene rings is 4. The number of anilines is 2. The van der Waals surface area contributed by atoms with E-state index in [4.69, 9.17) is 5.73 Å². The quantitative estimate of drug-likeness (QED) is 0.208. The number of nitrogens with two attached hydrogens (primary N) is 1. The van der Waals surface area contributed by atoms with E-state index in [1.165, 1.54) is 16.9 Å². The number of amides is 3. The van der Waals surface area contributed by atoms with Crippen LogP contribution in [0.2, 0.25) is 0 Å². The van der Waals surface area contributed by atoms with E-state index in [1.807, 2.05) is 12.1 Å². The molecule has 0 unspecified atom stereocenters. The summed E-state index contributed by atoms with van der Waals surface area (Å²) in [7, 11) is 1.56. The smallest absolute Gasteiger partial charge is 0.259 e. The van der Waals surface area contributed by atoms with E-state index in [2.05, 4.69) is 26.0 Å². The molecule has 0 saturated heterocycles. The Bertz CT molecular complexity index is 1780. The Morgan fingerprint density at radius 1 is 0.825 bits per heavy atom. The molecule has 0 atom stereocenters. The van der Waals surface area contributed by atoms with Gasteiger partial charge in [0.05, 0.1) is 11.8 Å². The van der Waals surface area contributed by atoms with Crippen molar-refractivity contribution in [2.75, 3.05) is 10.6 Å². The van der Waals surface area contributed by atoms with Gasteiger partial charge in [-0.1, -0.05) is 42.5 Å². The second-order valence-corrected chi connectivity index (χ2v) is 8.77. The van der Waals surface area contributed by atoms with E-state index in [1.54, 1.807) is 73.8 Å². The molecule has 1 heterocycles. The number of phenolic OH excluding ortho intramolecular Hbond substituents is 1. The van der Waals surface area contributed by atoms with Crippen LogP contribution < -0.4 is 16.4 Å². The number of nitrogens with zero attached hydrogens (tertiary/aromatic N) is 4. The predicted molar refractivity (Wildman–Crippen MR) is 150 cm³/mol. The lowest BCUT2D eigenvalue weighted by Gasteiger charge is -2.12. The number of hydrogen-bond acceptors (Lipinski definition) is 7. The molecule has 4 aromatic carbocycles. The summed E-state index contributed by atoms with van der Waals surface area (Å²) in [5.74, 6) is -2.08. The minimum Gasteiger partial charge on any atom is -0.505 e. The number of azo groups is 1. The number of primary amides is 1. The van der Waals surface area contributed by atoms with Gasteiger partial charge < -0.3 is 21.5 Å². The van der Waals surface area contributed by atoms with Gasteiger partial charge in [0.1, 0.15) is 11.3 Å². The third-order valence-corrected chi connectivity index (χ3v) is 6.07. The molecule has 0 spiro atoms. The summed E-state index contributed by atoms with van der Waals surface area (Å²) < 4.78 is 1.31. The minimum atomic E-state index is -0.749. The maximum atomic E-state index is 13.2. The van der Waals surface area contributed by atoms with Crippen molar-refractivity contribution < 1.29 is 19.5 Å². The Morgan fingerprint density at radius 3 is 2.08 bits per heavy atom. The normalized spacial score (nSPS) is 11.0. The second kappa shape index (κ2) is 10.9. The summed E-state index contributed by atoms with van der Waals surface area (Å²) in [5, 5.41) is 29.9. The lowest BCUT2D eigenvalue weighted by Crippen LogP contribution is -2.13. The zero-order valence-corrected chi connectivity index (χ0v) is 21.2. The molecule has 11 heteroatoms. The first-order valence-corrected chi connectivity index (χ1v) is 12.1. The van der Waals surface area contributed by atoms with Crippen molar-refractivity contribution in [3.63, 3.8) is 0 Å². The van der Waals surface area contributed by atoms with Crippen LogP contribution in [0.25, 0.3) is 10.8 Å². The molecule has 5 rings (SSSR count). The highest BCUT2D eigenvalue weighted by molar-refractivity contribution is 6.13. The van der Waals surface area contributed by atoms with Crippen LogP contribution in [0.5, 0.6) is 5.75 Å². The number of aryl methyl sites for hydroxylation is 1. The van der Waals surface area contributed by atoms with E-state index in [0.717, 1.165) is 0 Å². The number of carbonyl (C=O) groups is 3. The van der Waals surface area contributed by atoms with E-state index in [0.29, 0.717) is 27.7 Å². The van der Waals surface area contributed by atoms with Gasteiger partial charge in [0.15, 0.2) is 11.6 Å². The number of rotatable bonds is 7. The fourth-order valence-corrected chi connectivity index (χ4v) is 4.06. The molecule has 0 aliphatic rings. The lowest BCUT2D eigenvalue weighted by molar-refractivity contribution is 0.0996. The molecule has 11 nitrogen and oxygen atoms in total. The number of fused-ring (bicyclic) bond motifs is 1. The molecule has 0 radical (unpaired) electrons. The Morgan fingerprint density at radius 2 is 1.45 bits per heavy atom. The Balaban J connectivity index is 1.61. The van der Waals surface area contributed by atoms with E-state index in [9.17, 15) is 19.5 Å². The Labute approximate surface area is 228 Å². The zero-order valence-electron chi connectivity index (χ0n) is 21.2. The molecule has 5 N–H and O–H groups in total. The molecule has 40 heavy (non-hydrogen) atoms. The van der Waals surface area contributed by atoms with Gasteiger partial charge in [-0.3, -0.25) is 14.4 Å². The average molecular weight is 534 g/mol. The van der Waals surface area contributed by atoms with Gasteiger partial charge in [-0.15, -0.1) is 10.2 Å². The van der Waals surface area contributed by atoms with Crippen LogP contribution >= 0.6 is 0 Å². The van der Waals surface area contributed by atoms with Gasteiger partial charge in [-0.2, -0.15) is 5.10 Å². The lowest BCUT2D eigenvalue weighted by atomic mass is 10.0. The summed E-state index contributed by atoms with van der Waals surface area (Å²) in [6, 6.07) is 23.9. The highest BCUT2D eigenvalue weighted by Gasteiger charge is 2.21. The highest BCUT2D eigenvalue weighted by Crippen LogP contribution is 2.40. The Kier molecular flexibility index (Phi) is 7.01. The van der Waals surface area contributed by atoms with Gasteiger partial charge in [0.25, 0.3) is 17.7 Å². The van der Waals surface area contributed by atoms with Crippen molar-refractivity contribution >= 4 is 51.4 Å². The summed E-state index contributed by atoms with van der Waals surface area (Å²) in [4.78, 5) is 38.0. The van der Waals surface area contributed by atoms with Crippen molar-refractivity contribution in [1.29, 1.82) is 0 Å². The molecular weight excluding hydrogens is 510 g/mol. The van der Waals surface area contributed by atoms with Crippen molar-refractivity contribution in [1.82, 2.24) is 9.78 Å². The third kappa shape index (κ3) is 5.24. The van der Waals surface area contributed by atoms with Crippen LogP contribution in [-0.4, -0.2) is 32.6 Å². The molecule has 3 amide bonds. The topological polar surface area (TPSA) is 164 Å². The van der Waals surface area contributed by atoms with Gasteiger partial charge in [0, 0.05) is 29.4 Å². The van der Waals surface area contributed by atoms with Crippen LogP contribution in [0.15, 0.2) is 101 Å². The SMILES string of the molecule is Cn1ncc(C(N)=O)c1/N=N/c1c(O)c(C(=O)Nc2ccccc2)cc2cc(C(=O)Nc3ccccc3)ccc12. The van der Waals surface area contributed by atoms with Crippen LogP contribution in [0.4, 0.5) is 22.9 Å². The molecule has 0 bridgehead atoms. The van der Waals surface area contributed by atoms with Crippen molar-refractivity contribution in [2.24, 2.45) is 23.0 Å². The van der Waals surface area contributed by atoms with Gasteiger partial charge >= 0.3 is 0 Å². The molecule has 198 valence electrons. The summed E-state index contributed by atoms with van der Waals surface area (Å²) in [6.45, 7) is 0. The molecule has 0 aliphatic heterocycles. The van der Waals surface area contributed by atoms with Gasteiger partial charge in [0.2, 0.25) is 0 Å². The molecular formula is C29H23N7O4. The van der Waals surface area contributed by atoms with Crippen molar-refractivity contribution in [2.45, 2.75) is 0 Å². The zero-order chi connectivity index (χ0) is 28.2.